The van der Waals surface area contributed by atoms with Gasteiger partial charge in [-0.15, -0.1) is 22.7 Å². The predicted molar refractivity (Wildman–Crippen MR) is 145 cm³/mol. The summed E-state index contributed by atoms with van der Waals surface area (Å²) in [7, 11) is 0. The Morgan fingerprint density at radius 2 is 1.03 bits per heavy atom. The Hall–Kier alpha value is -4.40. The molecule has 4 aromatic rings. The first-order chi connectivity index (χ1) is 17.5. The van der Waals surface area contributed by atoms with Crippen molar-refractivity contribution in [1.82, 2.24) is 9.97 Å². The molecule has 0 spiro atoms. The normalized spacial score (nSPS) is 12.4. The van der Waals surface area contributed by atoms with Crippen molar-refractivity contribution in [3.05, 3.63) is 118 Å². The van der Waals surface area contributed by atoms with Crippen LogP contribution < -0.4 is 0 Å². The number of hydrogen-bond donors (Lipinski definition) is 2. The Bertz CT molecular complexity index is 1370. The summed E-state index contributed by atoms with van der Waals surface area (Å²) in [6.07, 6.45) is 9.99. The number of carboxylic acid groups (broad SMARTS) is 2. The van der Waals surface area contributed by atoms with E-state index < -0.39 is 11.9 Å². The second-order valence-electron chi connectivity index (χ2n) is 7.39. The van der Waals surface area contributed by atoms with Crippen molar-refractivity contribution in [3.63, 3.8) is 0 Å². The van der Waals surface area contributed by atoms with Gasteiger partial charge in [-0.05, 0) is 23.3 Å². The van der Waals surface area contributed by atoms with E-state index in [1.54, 1.807) is 22.9 Å². The van der Waals surface area contributed by atoms with E-state index in [4.69, 9.17) is 0 Å². The molecule has 0 saturated heterocycles. The fourth-order valence-electron chi connectivity index (χ4n) is 3.16. The van der Waals surface area contributed by atoms with Crippen LogP contribution in [-0.4, -0.2) is 32.1 Å². The van der Waals surface area contributed by atoms with Gasteiger partial charge in [-0.25, -0.2) is 19.6 Å². The molecule has 0 aliphatic rings. The summed E-state index contributed by atoms with van der Waals surface area (Å²) in [5, 5.41) is 23.7. The molecule has 2 aromatic carbocycles. The summed E-state index contributed by atoms with van der Waals surface area (Å²) in [6.45, 7) is 0. The van der Waals surface area contributed by atoms with Gasteiger partial charge in [-0.1, -0.05) is 85.0 Å². The highest BCUT2D eigenvalue weighted by molar-refractivity contribution is 7.19. The van der Waals surface area contributed by atoms with Crippen LogP contribution in [0.4, 0.5) is 0 Å². The molecule has 8 heteroatoms. The molecule has 0 aliphatic carbocycles. The van der Waals surface area contributed by atoms with Crippen molar-refractivity contribution in [2.75, 3.05) is 0 Å². The van der Waals surface area contributed by atoms with Crippen LogP contribution in [-0.2, 0) is 9.59 Å². The highest BCUT2D eigenvalue weighted by Gasteiger charge is 2.18. The molecule has 0 atom stereocenters. The van der Waals surface area contributed by atoms with E-state index >= 15 is 0 Å². The molecule has 2 N–H and O–H groups in total. The SMILES string of the molecule is O=C(O)/C(=C\C=C\c1ccccc1)c1csc(-c2nc(/C(=C\C=C/c3ccccc3)C(=O)O)cs2)n1. The number of aromatic nitrogens is 2. The summed E-state index contributed by atoms with van der Waals surface area (Å²) in [4.78, 5) is 32.6. The first kappa shape index (κ1) is 24.7. The lowest BCUT2D eigenvalue weighted by atomic mass is 10.1. The maximum Gasteiger partial charge on any atom is 0.337 e. The second-order valence-corrected chi connectivity index (χ2v) is 9.10. The zero-order valence-corrected chi connectivity index (χ0v) is 20.4. The van der Waals surface area contributed by atoms with E-state index in [0.717, 1.165) is 11.1 Å². The zero-order chi connectivity index (χ0) is 25.3. The Morgan fingerprint density at radius 3 is 1.39 bits per heavy atom. The van der Waals surface area contributed by atoms with Crippen molar-refractivity contribution in [1.29, 1.82) is 0 Å². The number of benzene rings is 2. The first-order valence-corrected chi connectivity index (χ1v) is 12.5. The molecule has 0 radical (unpaired) electrons. The molecular formula is C28H20N2O4S2. The summed E-state index contributed by atoms with van der Waals surface area (Å²) in [5.74, 6) is -2.18. The van der Waals surface area contributed by atoms with Crippen LogP contribution in [0.1, 0.15) is 22.5 Å². The van der Waals surface area contributed by atoms with Crippen LogP contribution >= 0.6 is 22.7 Å². The van der Waals surface area contributed by atoms with Gasteiger partial charge >= 0.3 is 11.9 Å². The number of aliphatic carboxylic acids is 2. The Balaban J connectivity index is 1.55. The third-order valence-corrected chi connectivity index (χ3v) is 6.73. The zero-order valence-electron chi connectivity index (χ0n) is 18.8. The molecule has 178 valence electrons. The van der Waals surface area contributed by atoms with E-state index in [-0.39, 0.29) is 11.1 Å². The van der Waals surface area contributed by atoms with Crippen molar-refractivity contribution >= 4 is 57.9 Å². The monoisotopic (exact) mass is 512 g/mol. The van der Waals surface area contributed by atoms with Gasteiger partial charge < -0.3 is 10.2 Å². The summed E-state index contributed by atoms with van der Waals surface area (Å²) in [5.41, 5.74) is 2.65. The third kappa shape index (κ3) is 6.38. The summed E-state index contributed by atoms with van der Waals surface area (Å²) >= 11 is 2.51. The molecular weight excluding hydrogens is 492 g/mol. The highest BCUT2D eigenvalue weighted by Crippen LogP contribution is 2.31. The van der Waals surface area contributed by atoms with Crippen LogP contribution in [0, 0.1) is 0 Å². The second kappa shape index (κ2) is 11.8. The number of nitrogens with zero attached hydrogens (tertiary/aromatic N) is 2. The van der Waals surface area contributed by atoms with E-state index in [0.29, 0.717) is 21.4 Å². The van der Waals surface area contributed by atoms with E-state index in [1.807, 2.05) is 72.8 Å². The minimum absolute atomic E-state index is 0.0543. The van der Waals surface area contributed by atoms with Crippen LogP contribution in [0.5, 0.6) is 0 Å². The van der Waals surface area contributed by atoms with Gasteiger partial charge in [-0.3, -0.25) is 0 Å². The molecule has 6 nitrogen and oxygen atoms in total. The van der Waals surface area contributed by atoms with Gasteiger partial charge in [0.25, 0.3) is 0 Å². The van der Waals surface area contributed by atoms with Crippen molar-refractivity contribution in [2.45, 2.75) is 0 Å². The Kier molecular flexibility index (Phi) is 8.12. The fourth-order valence-corrected chi connectivity index (χ4v) is 4.85. The molecule has 0 amide bonds. The molecule has 0 unspecified atom stereocenters. The number of thiazole rings is 2. The van der Waals surface area contributed by atoms with Crippen LogP contribution in [0.15, 0.2) is 95.7 Å². The maximum atomic E-state index is 11.8. The Labute approximate surface area is 215 Å². The van der Waals surface area contributed by atoms with Gasteiger partial charge in [0.1, 0.15) is 0 Å². The summed E-state index contributed by atoms with van der Waals surface area (Å²) in [6, 6.07) is 19.1. The van der Waals surface area contributed by atoms with E-state index in [1.165, 1.54) is 34.8 Å². The van der Waals surface area contributed by atoms with Crippen LogP contribution in [0.3, 0.4) is 0 Å². The summed E-state index contributed by atoms with van der Waals surface area (Å²) < 4.78 is 0. The standard InChI is InChI=1S/C28H20N2O4S2/c31-27(32)21(15-7-13-19-9-3-1-4-10-19)23-17-35-25(29-23)26-30-24(18-36-26)22(28(33)34)16-8-14-20-11-5-2-6-12-20/h1-18H,(H,31,32)(H,33,34)/b13-7-,14-8+,21-15+,22-16-. The van der Waals surface area contributed by atoms with Gasteiger partial charge in [0.2, 0.25) is 0 Å². The highest BCUT2D eigenvalue weighted by atomic mass is 32.1. The largest absolute Gasteiger partial charge is 0.478 e. The average Bonchev–Trinajstić information content (AvgIpc) is 3.55. The lowest BCUT2D eigenvalue weighted by Crippen LogP contribution is -2.00. The number of rotatable bonds is 9. The van der Waals surface area contributed by atoms with Crippen molar-refractivity contribution in [3.8, 4) is 10.0 Å². The van der Waals surface area contributed by atoms with Crippen LogP contribution in [0.25, 0.3) is 33.3 Å². The lowest BCUT2D eigenvalue weighted by Gasteiger charge is -1.97. The first-order valence-electron chi connectivity index (χ1n) is 10.8. The molecule has 36 heavy (non-hydrogen) atoms. The lowest BCUT2D eigenvalue weighted by molar-refractivity contribution is -0.131. The van der Waals surface area contributed by atoms with Crippen molar-refractivity contribution in [2.24, 2.45) is 0 Å². The minimum atomic E-state index is -1.09. The van der Waals surface area contributed by atoms with Gasteiger partial charge in [0.05, 0.1) is 22.5 Å². The molecule has 0 aliphatic heterocycles. The number of carbonyl (C=O) groups is 2. The van der Waals surface area contributed by atoms with Gasteiger partial charge in [0.15, 0.2) is 10.0 Å². The quantitative estimate of drug-likeness (QED) is 0.193. The Morgan fingerprint density at radius 1 is 0.639 bits per heavy atom. The average molecular weight is 513 g/mol. The van der Waals surface area contributed by atoms with Gasteiger partial charge in [0, 0.05) is 10.8 Å². The molecule has 4 rings (SSSR count). The molecule has 0 saturated carbocycles. The molecule has 0 fully saturated rings. The van der Waals surface area contributed by atoms with E-state index in [9.17, 15) is 19.8 Å². The predicted octanol–water partition coefficient (Wildman–Crippen LogP) is 6.63. The topological polar surface area (TPSA) is 100 Å². The fraction of sp³-hybridized carbons (Fsp3) is 0. The third-order valence-electron chi connectivity index (χ3n) is 4.91. The van der Waals surface area contributed by atoms with Gasteiger partial charge in [-0.2, -0.15) is 0 Å². The number of allylic oxidation sites excluding steroid dienone is 4. The molecule has 2 heterocycles. The van der Waals surface area contributed by atoms with E-state index in [2.05, 4.69) is 9.97 Å². The number of carboxylic acids is 2. The minimum Gasteiger partial charge on any atom is -0.478 e. The molecule has 0 bridgehead atoms. The maximum absolute atomic E-state index is 11.8. The number of hydrogen-bond acceptors (Lipinski definition) is 6. The van der Waals surface area contributed by atoms with Crippen molar-refractivity contribution < 1.29 is 19.8 Å². The smallest absolute Gasteiger partial charge is 0.337 e. The van der Waals surface area contributed by atoms with Crippen LogP contribution in [0.2, 0.25) is 0 Å². The molecule has 2 aromatic heterocycles.